The molecule has 0 spiro atoms. The van der Waals surface area contributed by atoms with Gasteiger partial charge in [-0.2, -0.15) is 0 Å². The Balaban J connectivity index is 1.93. The third-order valence-corrected chi connectivity index (χ3v) is 5.02. The Hall–Kier alpha value is -3.94. The summed E-state index contributed by atoms with van der Waals surface area (Å²) in [6, 6.07) is 11.8. The highest BCUT2D eigenvalue weighted by molar-refractivity contribution is 5.59. The summed E-state index contributed by atoms with van der Waals surface area (Å²) < 4.78 is 12.1. The van der Waals surface area contributed by atoms with Crippen molar-refractivity contribution in [1.29, 1.82) is 0 Å². The summed E-state index contributed by atoms with van der Waals surface area (Å²) in [5, 5.41) is 21.7. The fraction of sp³-hybridized carbons (Fsp3) is 0.182. The number of ether oxygens (including phenoxy) is 2. The minimum Gasteiger partial charge on any atom is -0.457 e. The van der Waals surface area contributed by atoms with Crippen LogP contribution in [0.25, 0.3) is 0 Å². The monoisotopic (exact) mass is 408 g/mol. The maximum absolute atomic E-state index is 10.8. The van der Waals surface area contributed by atoms with E-state index in [1.165, 1.54) is 24.3 Å². The second-order valence-corrected chi connectivity index (χ2v) is 6.86. The molecule has 8 heteroatoms. The normalized spacial score (nSPS) is 10.5. The SMILES string of the molecule is Cc1c(C)c(Oc2ccc([N+](=O)[O-])cc2)c(C)c(C)c1Oc1ccc([N+](=O)[O-])cc1. The molecule has 0 radical (unpaired) electrons. The van der Waals surface area contributed by atoms with Gasteiger partial charge in [-0.25, -0.2) is 0 Å². The molecule has 0 bridgehead atoms. The quantitative estimate of drug-likeness (QED) is 0.349. The number of rotatable bonds is 6. The van der Waals surface area contributed by atoms with Gasteiger partial charge in [-0.05, 0) is 74.2 Å². The Bertz CT molecular complexity index is 1000. The molecule has 0 aliphatic heterocycles. The standard InChI is InChI=1S/C22H20N2O6/c1-13-14(2)22(30-20-11-7-18(8-12-20)24(27)28)16(4)15(3)21(13)29-19-9-5-17(6-10-19)23(25)26/h5-12H,1-4H3. The van der Waals surface area contributed by atoms with Crippen molar-refractivity contribution in [2.24, 2.45) is 0 Å². The second kappa shape index (κ2) is 8.20. The Labute approximate surface area is 173 Å². The third-order valence-electron chi connectivity index (χ3n) is 5.02. The Morgan fingerprint density at radius 1 is 0.567 bits per heavy atom. The van der Waals surface area contributed by atoms with Gasteiger partial charge < -0.3 is 9.47 Å². The first-order valence-electron chi connectivity index (χ1n) is 9.14. The molecular formula is C22H20N2O6. The maximum Gasteiger partial charge on any atom is 0.269 e. The lowest BCUT2D eigenvalue weighted by atomic mass is 9.98. The third kappa shape index (κ3) is 4.07. The molecule has 0 aliphatic carbocycles. The van der Waals surface area contributed by atoms with Crippen LogP contribution in [0, 0.1) is 47.9 Å². The predicted octanol–water partition coefficient (Wildman–Crippen LogP) is 6.32. The molecular weight excluding hydrogens is 388 g/mol. The summed E-state index contributed by atoms with van der Waals surface area (Å²) >= 11 is 0. The van der Waals surface area contributed by atoms with Crippen molar-refractivity contribution in [3.05, 3.63) is 91.0 Å². The lowest BCUT2D eigenvalue weighted by Gasteiger charge is -2.20. The Kier molecular flexibility index (Phi) is 5.68. The van der Waals surface area contributed by atoms with Gasteiger partial charge in [-0.3, -0.25) is 20.2 Å². The van der Waals surface area contributed by atoms with Crippen LogP contribution in [0.4, 0.5) is 11.4 Å². The largest absolute Gasteiger partial charge is 0.457 e. The average molecular weight is 408 g/mol. The van der Waals surface area contributed by atoms with Crippen LogP contribution < -0.4 is 9.47 Å². The Morgan fingerprint density at radius 3 is 1.07 bits per heavy atom. The minimum atomic E-state index is -0.459. The Morgan fingerprint density at radius 2 is 0.833 bits per heavy atom. The minimum absolute atomic E-state index is 0.00463. The van der Waals surface area contributed by atoms with Gasteiger partial charge in [-0.15, -0.1) is 0 Å². The smallest absolute Gasteiger partial charge is 0.269 e. The molecule has 0 aromatic heterocycles. The maximum atomic E-state index is 10.8. The van der Waals surface area contributed by atoms with E-state index in [0.717, 1.165) is 22.3 Å². The number of non-ortho nitro benzene ring substituents is 2. The molecule has 30 heavy (non-hydrogen) atoms. The average Bonchev–Trinajstić information content (AvgIpc) is 2.73. The van der Waals surface area contributed by atoms with Crippen LogP contribution in [0.5, 0.6) is 23.0 Å². The highest BCUT2D eigenvalue weighted by Gasteiger charge is 2.19. The molecule has 0 atom stereocenters. The van der Waals surface area contributed by atoms with E-state index < -0.39 is 9.85 Å². The van der Waals surface area contributed by atoms with Crippen molar-refractivity contribution in [3.8, 4) is 23.0 Å². The highest BCUT2D eigenvalue weighted by atomic mass is 16.6. The summed E-state index contributed by atoms with van der Waals surface area (Å²) in [6.07, 6.45) is 0. The molecule has 3 rings (SSSR count). The van der Waals surface area contributed by atoms with Crippen LogP contribution in [-0.4, -0.2) is 9.85 Å². The second-order valence-electron chi connectivity index (χ2n) is 6.86. The number of benzene rings is 3. The zero-order chi connectivity index (χ0) is 22.0. The van der Waals surface area contributed by atoms with E-state index in [9.17, 15) is 20.2 Å². The molecule has 0 saturated carbocycles. The van der Waals surface area contributed by atoms with Gasteiger partial charge in [0, 0.05) is 24.3 Å². The van der Waals surface area contributed by atoms with Crippen molar-refractivity contribution in [3.63, 3.8) is 0 Å². The highest BCUT2D eigenvalue weighted by Crippen LogP contribution is 2.41. The number of nitro benzene ring substituents is 2. The van der Waals surface area contributed by atoms with E-state index in [-0.39, 0.29) is 11.4 Å². The van der Waals surface area contributed by atoms with Crippen LogP contribution in [0.3, 0.4) is 0 Å². The lowest BCUT2D eigenvalue weighted by molar-refractivity contribution is -0.385. The van der Waals surface area contributed by atoms with Gasteiger partial charge >= 0.3 is 0 Å². The van der Waals surface area contributed by atoms with Crippen LogP contribution >= 0.6 is 0 Å². The van der Waals surface area contributed by atoms with E-state index in [1.54, 1.807) is 24.3 Å². The summed E-state index contributed by atoms with van der Waals surface area (Å²) in [5.41, 5.74) is 3.47. The summed E-state index contributed by atoms with van der Waals surface area (Å²) in [4.78, 5) is 20.7. The molecule has 0 N–H and O–H groups in total. The van der Waals surface area contributed by atoms with Gasteiger partial charge in [0.1, 0.15) is 23.0 Å². The van der Waals surface area contributed by atoms with Crippen LogP contribution in [0.15, 0.2) is 48.5 Å². The zero-order valence-corrected chi connectivity index (χ0v) is 17.0. The van der Waals surface area contributed by atoms with Gasteiger partial charge in [0.25, 0.3) is 11.4 Å². The van der Waals surface area contributed by atoms with E-state index >= 15 is 0 Å². The van der Waals surface area contributed by atoms with Gasteiger partial charge in [0.2, 0.25) is 0 Å². The predicted molar refractivity (Wildman–Crippen MR) is 112 cm³/mol. The van der Waals surface area contributed by atoms with Crippen molar-refractivity contribution >= 4 is 11.4 Å². The van der Waals surface area contributed by atoms with Crippen molar-refractivity contribution < 1.29 is 19.3 Å². The first-order chi connectivity index (χ1) is 14.2. The van der Waals surface area contributed by atoms with E-state index in [1.807, 2.05) is 27.7 Å². The van der Waals surface area contributed by atoms with E-state index in [0.29, 0.717) is 23.0 Å². The zero-order valence-electron chi connectivity index (χ0n) is 17.0. The van der Waals surface area contributed by atoms with Gasteiger partial charge in [-0.1, -0.05) is 0 Å². The molecule has 0 fully saturated rings. The van der Waals surface area contributed by atoms with Crippen LogP contribution in [0.2, 0.25) is 0 Å². The first kappa shape index (κ1) is 20.8. The summed E-state index contributed by atoms with van der Waals surface area (Å²) in [5.74, 6) is 2.31. The molecule has 0 aliphatic rings. The first-order valence-corrected chi connectivity index (χ1v) is 9.14. The summed E-state index contributed by atoms with van der Waals surface area (Å²) in [6.45, 7) is 7.63. The molecule has 3 aromatic rings. The number of nitro groups is 2. The van der Waals surface area contributed by atoms with E-state index in [2.05, 4.69) is 0 Å². The molecule has 0 saturated heterocycles. The van der Waals surface area contributed by atoms with Crippen LogP contribution in [0.1, 0.15) is 22.3 Å². The van der Waals surface area contributed by atoms with Gasteiger partial charge in [0.05, 0.1) is 9.85 Å². The van der Waals surface area contributed by atoms with Crippen molar-refractivity contribution in [2.75, 3.05) is 0 Å². The van der Waals surface area contributed by atoms with Gasteiger partial charge in [0.15, 0.2) is 0 Å². The van der Waals surface area contributed by atoms with Crippen LogP contribution in [-0.2, 0) is 0 Å². The molecule has 154 valence electrons. The molecule has 3 aromatic carbocycles. The summed E-state index contributed by atoms with van der Waals surface area (Å²) in [7, 11) is 0. The molecule has 8 nitrogen and oxygen atoms in total. The lowest BCUT2D eigenvalue weighted by Crippen LogP contribution is -2.01. The van der Waals surface area contributed by atoms with Crippen molar-refractivity contribution in [2.45, 2.75) is 27.7 Å². The topological polar surface area (TPSA) is 105 Å². The number of hydrogen-bond acceptors (Lipinski definition) is 6. The fourth-order valence-corrected chi connectivity index (χ4v) is 3.06. The molecule has 0 unspecified atom stereocenters. The molecule has 0 heterocycles. The fourth-order valence-electron chi connectivity index (χ4n) is 3.06. The van der Waals surface area contributed by atoms with E-state index in [4.69, 9.17) is 9.47 Å². The number of hydrogen-bond donors (Lipinski definition) is 0. The van der Waals surface area contributed by atoms with Crippen molar-refractivity contribution in [1.82, 2.24) is 0 Å². The number of nitrogens with zero attached hydrogens (tertiary/aromatic N) is 2. The molecule has 0 amide bonds.